The second-order valence-electron chi connectivity index (χ2n) is 3.87. The van der Waals surface area contributed by atoms with Crippen molar-refractivity contribution in [3.05, 3.63) is 70.7 Å². The maximum Gasteiger partial charge on any atom is 0.277 e. The molecule has 0 N–H and O–H groups in total. The third-order valence-electron chi connectivity index (χ3n) is 2.54. The molecule has 0 bridgehead atoms. The number of hydrogen-bond donors (Lipinski definition) is 0. The molecule has 0 radical (unpaired) electrons. The van der Waals surface area contributed by atoms with Crippen molar-refractivity contribution < 1.29 is 8.78 Å². The van der Waals surface area contributed by atoms with Crippen molar-refractivity contribution in [2.75, 3.05) is 0 Å². The van der Waals surface area contributed by atoms with Gasteiger partial charge in [-0.05, 0) is 17.7 Å². The first kappa shape index (κ1) is 12.1. The Morgan fingerprint density at radius 1 is 0.882 bits per heavy atom. The van der Waals surface area contributed by atoms with E-state index in [9.17, 15) is 8.78 Å². The van der Waals surface area contributed by atoms with Crippen molar-refractivity contribution in [2.45, 2.75) is 12.3 Å². The van der Waals surface area contributed by atoms with Crippen LogP contribution in [0.25, 0.3) is 0 Å². The summed E-state index contributed by atoms with van der Waals surface area (Å²) in [5, 5.41) is 0.462. The van der Waals surface area contributed by atoms with Gasteiger partial charge < -0.3 is 0 Å². The average molecular weight is 253 g/mol. The molecule has 0 heterocycles. The van der Waals surface area contributed by atoms with Crippen LogP contribution in [0.5, 0.6) is 0 Å². The second kappa shape index (κ2) is 4.84. The topological polar surface area (TPSA) is 0 Å². The average Bonchev–Trinajstić information content (AvgIpc) is 2.30. The zero-order chi connectivity index (χ0) is 12.3. The number of benzene rings is 2. The lowest BCUT2D eigenvalue weighted by molar-refractivity contribution is -0.00381. The molecule has 0 spiro atoms. The summed E-state index contributed by atoms with van der Waals surface area (Å²) in [6.07, 6.45) is -0.296. The highest BCUT2D eigenvalue weighted by atomic mass is 35.5. The molecule has 0 saturated heterocycles. The predicted octanol–water partition coefficient (Wildman–Crippen LogP) is 4.67. The fraction of sp³-hybridized carbons (Fsp3) is 0.143. The highest BCUT2D eigenvalue weighted by molar-refractivity contribution is 6.30. The summed E-state index contributed by atoms with van der Waals surface area (Å²) in [7, 11) is 0. The fourth-order valence-corrected chi connectivity index (χ4v) is 1.77. The van der Waals surface area contributed by atoms with Gasteiger partial charge in [0, 0.05) is 17.0 Å². The summed E-state index contributed by atoms with van der Waals surface area (Å²) in [4.78, 5) is 0. The Balaban J connectivity index is 2.21. The Bertz CT molecular complexity index is 477. The van der Waals surface area contributed by atoms with Gasteiger partial charge in [-0.2, -0.15) is 0 Å². The van der Waals surface area contributed by atoms with Gasteiger partial charge in [-0.15, -0.1) is 0 Å². The van der Waals surface area contributed by atoms with Gasteiger partial charge >= 0.3 is 0 Å². The monoisotopic (exact) mass is 252 g/mol. The Kier molecular flexibility index (Phi) is 3.43. The first-order valence-electron chi connectivity index (χ1n) is 5.26. The Hall–Kier alpha value is -1.41. The minimum atomic E-state index is -2.87. The molecule has 0 aliphatic carbocycles. The van der Waals surface area contributed by atoms with E-state index < -0.39 is 5.92 Å². The van der Waals surface area contributed by atoms with E-state index in [2.05, 4.69) is 0 Å². The van der Waals surface area contributed by atoms with Gasteiger partial charge in [-0.3, -0.25) is 0 Å². The van der Waals surface area contributed by atoms with E-state index in [4.69, 9.17) is 11.6 Å². The van der Waals surface area contributed by atoms with Crippen LogP contribution in [0.15, 0.2) is 54.6 Å². The van der Waals surface area contributed by atoms with Gasteiger partial charge in [0.1, 0.15) is 0 Å². The first-order chi connectivity index (χ1) is 8.08. The molecule has 0 saturated carbocycles. The van der Waals surface area contributed by atoms with Crippen molar-refractivity contribution >= 4 is 11.6 Å². The molecule has 88 valence electrons. The summed E-state index contributed by atoms with van der Waals surface area (Å²) in [6, 6.07) is 14.4. The maximum atomic E-state index is 13.9. The highest BCUT2D eigenvalue weighted by Gasteiger charge is 2.31. The van der Waals surface area contributed by atoms with Crippen LogP contribution in [0.4, 0.5) is 8.78 Å². The second-order valence-corrected chi connectivity index (χ2v) is 4.31. The van der Waals surface area contributed by atoms with Crippen LogP contribution in [-0.4, -0.2) is 0 Å². The molecule has 2 rings (SSSR count). The Morgan fingerprint density at radius 3 is 2.06 bits per heavy atom. The molecule has 3 heteroatoms. The van der Waals surface area contributed by atoms with Crippen LogP contribution in [0.2, 0.25) is 5.02 Å². The molecule has 0 aliphatic rings. The van der Waals surface area contributed by atoms with E-state index in [1.807, 2.05) is 6.07 Å². The number of hydrogen-bond acceptors (Lipinski definition) is 0. The van der Waals surface area contributed by atoms with E-state index in [-0.39, 0.29) is 12.0 Å². The van der Waals surface area contributed by atoms with Gasteiger partial charge in [-0.1, -0.05) is 54.1 Å². The molecule has 0 atom stereocenters. The van der Waals surface area contributed by atoms with Gasteiger partial charge in [0.05, 0.1) is 0 Å². The SMILES string of the molecule is FC(F)(Cc1ccccc1)c1ccc(Cl)cc1. The quantitative estimate of drug-likeness (QED) is 0.744. The first-order valence-corrected chi connectivity index (χ1v) is 5.63. The molecule has 0 aliphatic heterocycles. The summed E-state index contributed by atoms with van der Waals surface area (Å²) in [5.74, 6) is -2.87. The molecular weight excluding hydrogens is 242 g/mol. The largest absolute Gasteiger partial charge is 0.277 e. The van der Waals surface area contributed by atoms with Crippen molar-refractivity contribution in [2.24, 2.45) is 0 Å². The fourth-order valence-electron chi connectivity index (χ4n) is 1.65. The molecular formula is C14H11ClF2. The van der Waals surface area contributed by atoms with E-state index in [0.717, 1.165) is 0 Å². The van der Waals surface area contributed by atoms with Crippen LogP contribution < -0.4 is 0 Å². The molecule has 0 unspecified atom stereocenters. The van der Waals surface area contributed by atoms with Crippen molar-refractivity contribution in [3.8, 4) is 0 Å². The number of rotatable bonds is 3. The lowest BCUT2D eigenvalue weighted by atomic mass is 10.0. The highest BCUT2D eigenvalue weighted by Crippen LogP contribution is 2.32. The van der Waals surface area contributed by atoms with Crippen LogP contribution in [0, 0.1) is 0 Å². The Labute approximate surface area is 104 Å². The molecule has 2 aromatic carbocycles. The van der Waals surface area contributed by atoms with Gasteiger partial charge in [-0.25, -0.2) is 8.78 Å². The summed E-state index contributed by atoms with van der Waals surface area (Å²) >= 11 is 5.68. The molecule has 0 fully saturated rings. The van der Waals surface area contributed by atoms with Gasteiger partial charge in [0.15, 0.2) is 0 Å². The maximum absolute atomic E-state index is 13.9. The number of halogens is 3. The molecule has 0 amide bonds. The van der Waals surface area contributed by atoms with Gasteiger partial charge in [0.25, 0.3) is 5.92 Å². The lowest BCUT2D eigenvalue weighted by Crippen LogP contribution is -2.16. The minimum absolute atomic E-state index is 0.00856. The van der Waals surface area contributed by atoms with Crippen molar-refractivity contribution in [1.82, 2.24) is 0 Å². The molecule has 0 aromatic heterocycles. The molecule has 17 heavy (non-hydrogen) atoms. The zero-order valence-corrected chi connectivity index (χ0v) is 9.79. The van der Waals surface area contributed by atoms with Crippen LogP contribution in [0.1, 0.15) is 11.1 Å². The van der Waals surface area contributed by atoms with E-state index in [1.54, 1.807) is 24.3 Å². The van der Waals surface area contributed by atoms with E-state index in [1.165, 1.54) is 24.3 Å². The van der Waals surface area contributed by atoms with Crippen LogP contribution >= 0.6 is 11.6 Å². The summed E-state index contributed by atoms with van der Waals surface area (Å²) in [6.45, 7) is 0. The summed E-state index contributed by atoms with van der Waals surface area (Å²) < 4.78 is 27.9. The van der Waals surface area contributed by atoms with Crippen molar-refractivity contribution in [1.29, 1.82) is 0 Å². The Morgan fingerprint density at radius 2 is 1.47 bits per heavy atom. The predicted molar refractivity (Wildman–Crippen MR) is 65.5 cm³/mol. The molecule has 0 nitrogen and oxygen atoms in total. The van der Waals surface area contributed by atoms with E-state index in [0.29, 0.717) is 10.6 Å². The number of alkyl halides is 2. The van der Waals surface area contributed by atoms with Crippen LogP contribution in [0.3, 0.4) is 0 Å². The van der Waals surface area contributed by atoms with Crippen LogP contribution in [-0.2, 0) is 12.3 Å². The standard InChI is InChI=1S/C14H11ClF2/c15-13-8-6-12(7-9-13)14(16,17)10-11-4-2-1-3-5-11/h1-9H,10H2. The normalized spacial score (nSPS) is 11.5. The minimum Gasteiger partial charge on any atom is -0.201 e. The van der Waals surface area contributed by atoms with Crippen molar-refractivity contribution in [3.63, 3.8) is 0 Å². The third-order valence-corrected chi connectivity index (χ3v) is 2.79. The lowest BCUT2D eigenvalue weighted by Gasteiger charge is -2.16. The van der Waals surface area contributed by atoms with E-state index >= 15 is 0 Å². The van der Waals surface area contributed by atoms with Gasteiger partial charge in [0.2, 0.25) is 0 Å². The zero-order valence-electron chi connectivity index (χ0n) is 9.04. The molecule has 2 aromatic rings. The summed E-state index contributed by atoms with van der Waals surface area (Å²) in [5.41, 5.74) is 0.609. The third kappa shape index (κ3) is 3.04. The smallest absolute Gasteiger partial charge is 0.201 e.